The molecule has 0 aliphatic heterocycles. The van der Waals surface area contributed by atoms with Crippen LogP contribution in [0.1, 0.15) is 24.3 Å². The summed E-state index contributed by atoms with van der Waals surface area (Å²) in [5.74, 6) is 0.593. The van der Waals surface area contributed by atoms with Gasteiger partial charge in [-0.1, -0.05) is 6.92 Å². The van der Waals surface area contributed by atoms with Crippen molar-refractivity contribution in [2.24, 2.45) is 11.7 Å². The van der Waals surface area contributed by atoms with Gasteiger partial charge in [-0.3, -0.25) is 0 Å². The Bertz CT molecular complexity index is 299. The molecule has 1 aromatic heterocycles. The maximum Gasteiger partial charge on any atom is 0.0461 e. The van der Waals surface area contributed by atoms with E-state index in [2.05, 4.69) is 53.3 Å². The summed E-state index contributed by atoms with van der Waals surface area (Å²) in [5.41, 5.74) is 5.63. The molecule has 2 nitrogen and oxygen atoms in total. The SMILES string of the molecule is CC(CCN)C(c1cc(Br)cs1)N(C)C. The van der Waals surface area contributed by atoms with E-state index in [1.54, 1.807) is 0 Å². The molecule has 1 aromatic rings. The van der Waals surface area contributed by atoms with Crippen LogP contribution in [0.5, 0.6) is 0 Å². The third-order valence-corrected chi connectivity index (χ3v) is 4.36. The molecular weight excluding hydrogens is 272 g/mol. The molecule has 0 saturated carbocycles. The molecule has 2 N–H and O–H groups in total. The summed E-state index contributed by atoms with van der Waals surface area (Å²) in [5, 5.41) is 2.14. The molecule has 2 atom stereocenters. The molecule has 1 rings (SSSR count). The standard InChI is InChI=1S/C11H19BrN2S/c1-8(4-5-13)11(14(2)3)10-6-9(12)7-15-10/h6-8,11H,4-5,13H2,1-3H3. The molecule has 0 aliphatic rings. The molecule has 86 valence electrons. The quantitative estimate of drug-likeness (QED) is 0.903. The van der Waals surface area contributed by atoms with E-state index >= 15 is 0 Å². The van der Waals surface area contributed by atoms with Crippen LogP contribution in [-0.4, -0.2) is 25.5 Å². The minimum absolute atomic E-state index is 0.477. The summed E-state index contributed by atoms with van der Waals surface area (Å²) >= 11 is 5.32. The molecule has 2 unspecified atom stereocenters. The minimum Gasteiger partial charge on any atom is -0.330 e. The van der Waals surface area contributed by atoms with Crippen LogP contribution in [0.3, 0.4) is 0 Å². The fourth-order valence-corrected chi connectivity index (χ4v) is 3.72. The van der Waals surface area contributed by atoms with Crippen molar-refractivity contribution < 1.29 is 0 Å². The van der Waals surface area contributed by atoms with E-state index in [0.29, 0.717) is 12.0 Å². The van der Waals surface area contributed by atoms with Gasteiger partial charge in [-0.2, -0.15) is 0 Å². The third kappa shape index (κ3) is 3.55. The van der Waals surface area contributed by atoms with E-state index in [1.165, 1.54) is 9.35 Å². The molecule has 1 heterocycles. The van der Waals surface area contributed by atoms with Gasteiger partial charge in [-0.05, 0) is 55.0 Å². The average Bonchev–Trinajstić information content (AvgIpc) is 2.51. The number of nitrogens with two attached hydrogens (primary N) is 1. The number of nitrogens with zero attached hydrogens (tertiary/aromatic N) is 1. The van der Waals surface area contributed by atoms with Gasteiger partial charge in [0.05, 0.1) is 0 Å². The summed E-state index contributed by atoms with van der Waals surface area (Å²) in [6, 6.07) is 2.69. The van der Waals surface area contributed by atoms with Crippen molar-refractivity contribution in [3.63, 3.8) is 0 Å². The lowest BCUT2D eigenvalue weighted by Crippen LogP contribution is -2.26. The van der Waals surface area contributed by atoms with E-state index in [1.807, 2.05) is 11.3 Å². The molecule has 0 aliphatic carbocycles. The topological polar surface area (TPSA) is 29.3 Å². The maximum atomic E-state index is 5.63. The smallest absolute Gasteiger partial charge is 0.0461 e. The van der Waals surface area contributed by atoms with Gasteiger partial charge in [0.2, 0.25) is 0 Å². The predicted octanol–water partition coefficient (Wildman–Crippen LogP) is 3.10. The zero-order valence-electron chi connectivity index (χ0n) is 9.53. The van der Waals surface area contributed by atoms with Crippen LogP contribution in [-0.2, 0) is 0 Å². The van der Waals surface area contributed by atoms with Gasteiger partial charge in [0.25, 0.3) is 0 Å². The highest BCUT2D eigenvalue weighted by Gasteiger charge is 2.22. The second-order valence-electron chi connectivity index (χ2n) is 4.13. The zero-order chi connectivity index (χ0) is 11.4. The van der Waals surface area contributed by atoms with Crippen molar-refractivity contribution in [1.82, 2.24) is 4.90 Å². The largest absolute Gasteiger partial charge is 0.330 e. The number of thiophene rings is 1. The Labute approximate surface area is 105 Å². The van der Waals surface area contributed by atoms with Crippen LogP contribution < -0.4 is 5.73 Å². The average molecular weight is 291 g/mol. The normalized spacial score (nSPS) is 15.6. The number of hydrogen-bond donors (Lipinski definition) is 1. The van der Waals surface area contributed by atoms with Crippen LogP contribution in [0, 0.1) is 5.92 Å². The lowest BCUT2D eigenvalue weighted by Gasteiger charge is -2.29. The number of hydrogen-bond acceptors (Lipinski definition) is 3. The van der Waals surface area contributed by atoms with Crippen LogP contribution in [0.2, 0.25) is 0 Å². The van der Waals surface area contributed by atoms with E-state index < -0.39 is 0 Å². The zero-order valence-corrected chi connectivity index (χ0v) is 11.9. The summed E-state index contributed by atoms with van der Waals surface area (Å²) in [6.45, 7) is 3.03. The van der Waals surface area contributed by atoms with Crippen molar-refractivity contribution in [3.8, 4) is 0 Å². The van der Waals surface area contributed by atoms with E-state index in [0.717, 1.165) is 13.0 Å². The Hall–Kier alpha value is 0.1000. The third-order valence-electron chi connectivity index (χ3n) is 2.60. The summed E-state index contributed by atoms with van der Waals surface area (Å²) in [6.07, 6.45) is 1.07. The van der Waals surface area contributed by atoms with Crippen LogP contribution in [0.15, 0.2) is 15.9 Å². The van der Waals surface area contributed by atoms with Gasteiger partial charge >= 0.3 is 0 Å². The molecular formula is C11H19BrN2S. The summed E-state index contributed by atoms with van der Waals surface area (Å²) in [4.78, 5) is 3.69. The van der Waals surface area contributed by atoms with Gasteiger partial charge in [-0.25, -0.2) is 0 Å². The second kappa shape index (κ2) is 5.99. The number of halogens is 1. The molecule has 15 heavy (non-hydrogen) atoms. The highest BCUT2D eigenvalue weighted by Crippen LogP contribution is 2.34. The predicted molar refractivity (Wildman–Crippen MR) is 71.3 cm³/mol. The summed E-state index contributed by atoms with van der Waals surface area (Å²) in [7, 11) is 4.26. The van der Waals surface area contributed by atoms with Crippen molar-refractivity contribution >= 4 is 27.3 Å². The van der Waals surface area contributed by atoms with Gasteiger partial charge in [-0.15, -0.1) is 11.3 Å². The molecule has 4 heteroatoms. The highest BCUT2D eigenvalue weighted by molar-refractivity contribution is 9.10. The monoisotopic (exact) mass is 290 g/mol. The molecule has 0 amide bonds. The fourth-order valence-electron chi connectivity index (χ4n) is 1.95. The van der Waals surface area contributed by atoms with E-state index in [4.69, 9.17) is 5.73 Å². The second-order valence-corrected chi connectivity index (χ2v) is 5.99. The summed E-state index contributed by atoms with van der Waals surface area (Å²) < 4.78 is 1.18. The van der Waals surface area contributed by atoms with Crippen molar-refractivity contribution in [3.05, 3.63) is 20.8 Å². The Balaban J connectivity index is 2.82. The molecule has 0 fully saturated rings. The first-order valence-corrected chi connectivity index (χ1v) is 6.84. The number of rotatable bonds is 5. The Kier molecular flexibility index (Phi) is 5.26. The van der Waals surface area contributed by atoms with E-state index in [-0.39, 0.29) is 0 Å². The lowest BCUT2D eigenvalue weighted by atomic mass is 9.96. The first-order valence-electron chi connectivity index (χ1n) is 5.16. The highest BCUT2D eigenvalue weighted by atomic mass is 79.9. The lowest BCUT2D eigenvalue weighted by molar-refractivity contribution is 0.220. The van der Waals surface area contributed by atoms with Crippen molar-refractivity contribution in [1.29, 1.82) is 0 Å². The first kappa shape index (κ1) is 13.2. The van der Waals surface area contributed by atoms with Gasteiger partial charge in [0, 0.05) is 20.8 Å². The molecule has 0 radical (unpaired) electrons. The Morgan fingerprint density at radius 1 is 1.53 bits per heavy atom. The van der Waals surface area contributed by atoms with Gasteiger partial charge < -0.3 is 10.6 Å². The minimum atomic E-state index is 0.477. The van der Waals surface area contributed by atoms with Crippen LogP contribution in [0.4, 0.5) is 0 Å². The van der Waals surface area contributed by atoms with Crippen molar-refractivity contribution in [2.45, 2.75) is 19.4 Å². The molecule has 0 saturated heterocycles. The van der Waals surface area contributed by atoms with E-state index in [9.17, 15) is 0 Å². The first-order chi connectivity index (χ1) is 7.06. The van der Waals surface area contributed by atoms with Crippen molar-refractivity contribution in [2.75, 3.05) is 20.6 Å². The van der Waals surface area contributed by atoms with Gasteiger partial charge in [0.1, 0.15) is 0 Å². The molecule has 0 spiro atoms. The Morgan fingerprint density at radius 3 is 2.60 bits per heavy atom. The van der Waals surface area contributed by atoms with Crippen LogP contribution >= 0.6 is 27.3 Å². The Morgan fingerprint density at radius 2 is 2.20 bits per heavy atom. The fraction of sp³-hybridized carbons (Fsp3) is 0.636. The van der Waals surface area contributed by atoms with Gasteiger partial charge in [0.15, 0.2) is 0 Å². The van der Waals surface area contributed by atoms with Crippen LogP contribution in [0.25, 0.3) is 0 Å². The molecule has 0 aromatic carbocycles. The molecule has 0 bridgehead atoms. The maximum absolute atomic E-state index is 5.63.